The zero-order valence-electron chi connectivity index (χ0n) is 13.9. The van der Waals surface area contributed by atoms with Crippen LogP contribution in [-0.4, -0.2) is 43.0 Å². The lowest BCUT2D eigenvalue weighted by Gasteiger charge is -2.19. The van der Waals surface area contributed by atoms with Gasteiger partial charge < -0.3 is 5.32 Å². The van der Waals surface area contributed by atoms with E-state index in [9.17, 15) is 17.6 Å². The molecule has 1 heterocycles. The average molecular weight is 365 g/mol. The summed E-state index contributed by atoms with van der Waals surface area (Å²) in [6.07, 6.45) is 3.16. The SMILES string of the molecule is CS(=O)(=O)N(CC(=O)NCCc1ccc(F)cc1)Cc1ccccn1. The van der Waals surface area contributed by atoms with Crippen LogP contribution in [0.1, 0.15) is 11.3 Å². The summed E-state index contributed by atoms with van der Waals surface area (Å²) < 4.78 is 37.7. The number of carbonyl (C=O) groups excluding carboxylic acids is 1. The fourth-order valence-electron chi connectivity index (χ4n) is 2.18. The van der Waals surface area contributed by atoms with Crippen molar-refractivity contribution in [3.05, 3.63) is 65.7 Å². The monoisotopic (exact) mass is 365 g/mol. The van der Waals surface area contributed by atoms with Gasteiger partial charge in [0.2, 0.25) is 15.9 Å². The number of halogens is 1. The molecule has 2 aromatic rings. The van der Waals surface area contributed by atoms with Crippen LogP contribution < -0.4 is 5.32 Å². The van der Waals surface area contributed by atoms with Crippen molar-refractivity contribution < 1.29 is 17.6 Å². The molecule has 0 fully saturated rings. The van der Waals surface area contributed by atoms with Gasteiger partial charge in [0.05, 0.1) is 25.0 Å². The Hall–Kier alpha value is -2.32. The fourth-order valence-corrected chi connectivity index (χ4v) is 2.89. The number of sulfonamides is 1. The molecule has 1 aromatic carbocycles. The van der Waals surface area contributed by atoms with Crippen molar-refractivity contribution >= 4 is 15.9 Å². The molecule has 0 aliphatic heterocycles. The van der Waals surface area contributed by atoms with E-state index in [1.807, 2.05) is 0 Å². The summed E-state index contributed by atoms with van der Waals surface area (Å²) in [5.74, 6) is -0.713. The topological polar surface area (TPSA) is 79.4 Å². The first kappa shape index (κ1) is 19.0. The molecule has 0 unspecified atom stereocenters. The molecule has 0 saturated carbocycles. The van der Waals surface area contributed by atoms with Crippen LogP contribution in [0.2, 0.25) is 0 Å². The molecule has 134 valence electrons. The maximum atomic E-state index is 12.8. The molecule has 1 amide bonds. The van der Waals surface area contributed by atoms with Crippen LogP contribution >= 0.6 is 0 Å². The second-order valence-corrected chi connectivity index (χ2v) is 7.56. The minimum absolute atomic E-state index is 0.0328. The van der Waals surface area contributed by atoms with E-state index in [4.69, 9.17) is 0 Å². The molecule has 0 radical (unpaired) electrons. The van der Waals surface area contributed by atoms with Crippen molar-refractivity contribution in [2.75, 3.05) is 19.3 Å². The lowest BCUT2D eigenvalue weighted by atomic mass is 10.1. The zero-order chi connectivity index (χ0) is 18.3. The Kier molecular flexibility index (Phi) is 6.60. The number of pyridine rings is 1. The largest absolute Gasteiger partial charge is 0.355 e. The van der Waals surface area contributed by atoms with Crippen molar-refractivity contribution in [2.24, 2.45) is 0 Å². The van der Waals surface area contributed by atoms with E-state index in [0.29, 0.717) is 18.7 Å². The van der Waals surface area contributed by atoms with E-state index in [0.717, 1.165) is 16.1 Å². The minimum atomic E-state index is -3.55. The van der Waals surface area contributed by atoms with E-state index in [-0.39, 0.29) is 18.9 Å². The quantitative estimate of drug-likeness (QED) is 0.766. The number of hydrogen-bond donors (Lipinski definition) is 1. The summed E-state index contributed by atoms with van der Waals surface area (Å²) >= 11 is 0. The Labute approximate surface area is 146 Å². The first-order chi connectivity index (χ1) is 11.8. The molecular weight excluding hydrogens is 345 g/mol. The molecule has 2 rings (SSSR count). The summed E-state index contributed by atoms with van der Waals surface area (Å²) in [6.45, 7) is 0.0928. The first-order valence-electron chi connectivity index (χ1n) is 7.71. The molecule has 0 bridgehead atoms. The smallest absolute Gasteiger partial charge is 0.235 e. The maximum absolute atomic E-state index is 12.8. The number of hydrogen-bond acceptors (Lipinski definition) is 4. The van der Waals surface area contributed by atoms with Gasteiger partial charge in [-0.2, -0.15) is 4.31 Å². The highest BCUT2D eigenvalue weighted by molar-refractivity contribution is 7.88. The lowest BCUT2D eigenvalue weighted by molar-refractivity contribution is -0.121. The number of nitrogens with one attached hydrogen (secondary N) is 1. The molecule has 0 atom stereocenters. The highest BCUT2D eigenvalue weighted by Gasteiger charge is 2.20. The normalized spacial score (nSPS) is 11.5. The van der Waals surface area contributed by atoms with Gasteiger partial charge in [-0.3, -0.25) is 9.78 Å². The fraction of sp³-hybridized carbons (Fsp3) is 0.294. The number of benzene rings is 1. The molecule has 1 N–H and O–H groups in total. The summed E-state index contributed by atoms with van der Waals surface area (Å²) in [6, 6.07) is 11.2. The molecule has 6 nitrogen and oxygen atoms in total. The average Bonchev–Trinajstić information content (AvgIpc) is 2.56. The lowest BCUT2D eigenvalue weighted by Crippen LogP contribution is -2.40. The molecule has 1 aromatic heterocycles. The van der Waals surface area contributed by atoms with Crippen LogP contribution in [0, 0.1) is 5.82 Å². The number of rotatable bonds is 8. The van der Waals surface area contributed by atoms with Crippen molar-refractivity contribution in [3.63, 3.8) is 0 Å². The predicted octanol–water partition coefficient (Wildman–Crippen LogP) is 1.34. The summed E-state index contributed by atoms with van der Waals surface area (Å²) in [5.41, 5.74) is 1.45. The Morgan fingerprint density at radius 1 is 1.20 bits per heavy atom. The molecule has 0 saturated heterocycles. The number of aromatic nitrogens is 1. The van der Waals surface area contributed by atoms with Gasteiger partial charge in [0.1, 0.15) is 5.82 Å². The van der Waals surface area contributed by atoms with Gasteiger partial charge in [-0.25, -0.2) is 12.8 Å². The van der Waals surface area contributed by atoms with E-state index in [2.05, 4.69) is 10.3 Å². The molecule has 0 aliphatic carbocycles. The Balaban J connectivity index is 1.87. The van der Waals surface area contributed by atoms with Crippen LogP contribution in [0.15, 0.2) is 48.7 Å². The van der Waals surface area contributed by atoms with Gasteiger partial charge in [0.15, 0.2) is 0 Å². The Morgan fingerprint density at radius 2 is 1.92 bits per heavy atom. The third kappa shape index (κ3) is 6.60. The summed E-state index contributed by atoms with van der Waals surface area (Å²) in [4.78, 5) is 16.1. The number of carbonyl (C=O) groups is 1. The Bertz CT molecular complexity index is 796. The van der Waals surface area contributed by atoms with E-state index < -0.39 is 15.9 Å². The second-order valence-electron chi connectivity index (χ2n) is 5.58. The van der Waals surface area contributed by atoms with Crippen LogP contribution in [-0.2, 0) is 27.8 Å². The Morgan fingerprint density at radius 3 is 2.52 bits per heavy atom. The zero-order valence-corrected chi connectivity index (χ0v) is 14.7. The second kappa shape index (κ2) is 8.68. The van der Waals surface area contributed by atoms with Gasteiger partial charge >= 0.3 is 0 Å². The third-order valence-corrected chi connectivity index (χ3v) is 4.70. The van der Waals surface area contributed by atoms with Crippen molar-refractivity contribution in [2.45, 2.75) is 13.0 Å². The van der Waals surface area contributed by atoms with Crippen molar-refractivity contribution in [1.82, 2.24) is 14.6 Å². The van der Waals surface area contributed by atoms with Crippen LogP contribution in [0.25, 0.3) is 0 Å². The van der Waals surface area contributed by atoms with Crippen LogP contribution in [0.4, 0.5) is 4.39 Å². The van der Waals surface area contributed by atoms with Gasteiger partial charge in [-0.05, 0) is 36.2 Å². The van der Waals surface area contributed by atoms with Crippen molar-refractivity contribution in [1.29, 1.82) is 0 Å². The van der Waals surface area contributed by atoms with Gasteiger partial charge in [-0.1, -0.05) is 18.2 Å². The van der Waals surface area contributed by atoms with E-state index >= 15 is 0 Å². The van der Waals surface area contributed by atoms with Crippen LogP contribution in [0.3, 0.4) is 0 Å². The van der Waals surface area contributed by atoms with Crippen molar-refractivity contribution in [3.8, 4) is 0 Å². The number of amides is 1. The maximum Gasteiger partial charge on any atom is 0.235 e. The predicted molar refractivity (Wildman–Crippen MR) is 92.6 cm³/mol. The minimum Gasteiger partial charge on any atom is -0.355 e. The van der Waals surface area contributed by atoms with Gasteiger partial charge in [0.25, 0.3) is 0 Å². The van der Waals surface area contributed by atoms with Crippen LogP contribution in [0.5, 0.6) is 0 Å². The highest BCUT2D eigenvalue weighted by Crippen LogP contribution is 2.06. The van der Waals surface area contributed by atoms with Gasteiger partial charge in [0, 0.05) is 12.7 Å². The summed E-state index contributed by atoms with van der Waals surface area (Å²) in [7, 11) is -3.55. The first-order valence-corrected chi connectivity index (χ1v) is 9.55. The molecular formula is C17H20FN3O3S. The molecule has 25 heavy (non-hydrogen) atoms. The third-order valence-electron chi connectivity index (χ3n) is 3.50. The standard InChI is InChI=1S/C17H20FN3O3S/c1-25(23,24)21(12-16-4-2-3-10-19-16)13-17(22)20-11-9-14-5-7-15(18)8-6-14/h2-8,10H,9,11-13H2,1H3,(H,20,22). The molecule has 8 heteroatoms. The van der Waals surface area contributed by atoms with Gasteiger partial charge in [-0.15, -0.1) is 0 Å². The summed E-state index contributed by atoms with van der Waals surface area (Å²) in [5, 5.41) is 2.67. The van der Waals surface area contributed by atoms with E-state index in [1.54, 1.807) is 36.5 Å². The highest BCUT2D eigenvalue weighted by atomic mass is 32.2. The number of nitrogens with zero attached hydrogens (tertiary/aromatic N) is 2. The molecule has 0 spiro atoms. The van der Waals surface area contributed by atoms with E-state index in [1.165, 1.54) is 12.1 Å². The molecule has 0 aliphatic rings.